The van der Waals surface area contributed by atoms with Gasteiger partial charge in [0.1, 0.15) is 17.0 Å². The molecule has 0 saturated heterocycles. The van der Waals surface area contributed by atoms with Gasteiger partial charge in [-0.25, -0.2) is 9.97 Å². The summed E-state index contributed by atoms with van der Waals surface area (Å²) in [5.74, 6) is 1.96. The molecule has 4 heteroatoms. The predicted molar refractivity (Wildman–Crippen MR) is 96.1 cm³/mol. The molecule has 3 aliphatic rings. The summed E-state index contributed by atoms with van der Waals surface area (Å²) in [6, 6.07) is 0.548. The van der Waals surface area contributed by atoms with Gasteiger partial charge in [-0.1, -0.05) is 20.8 Å². The molecule has 2 heterocycles. The summed E-state index contributed by atoms with van der Waals surface area (Å²) >= 11 is 1.88. The van der Waals surface area contributed by atoms with Crippen molar-refractivity contribution < 1.29 is 0 Å². The van der Waals surface area contributed by atoms with E-state index in [9.17, 15) is 0 Å². The van der Waals surface area contributed by atoms with Crippen molar-refractivity contribution in [2.45, 2.75) is 65.3 Å². The average Bonchev–Trinajstić information content (AvgIpc) is 3.18. The summed E-state index contributed by atoms with van der Waals surface area (Å²) in [6.45, 7) is 7.45. The maximum atomic E-state index is 4.67. The first-order chi connectivity index (χ1) is 11.0. The van der Waals surface area contributed by atoms with Gasteiger partial charge < -0.3 is 5.32 Å². The second-order valence-electron chi connectivity index (χ2n) is 8.57. The van der Waals surface area contributed by atoms with Gasteiger partial charge in [-0.2, -0.15) is 0 Å². The first-order valence-corrected chi connectivity index (χ1v) is 9.84. The fraction of sp³-hybridized carbons (Fsp3) is 0.684. The zero-order chi connectivity index (χ0) is 15.8. The van der Waals surface area contributed by atoms with Crippen LogP contribution in [-0.2, 0) is 12.8 Å². The van der Waals surface area contributed by atoms with E-state index in [1.54, 1.807) is 11.2 Å². The lowest BCUT2D eigenvalue weighted by molar-refractivity contribution is 0.142. The predicted octanol–water partition coefficient (Wildman–Crippen LogP) is 4.81. The van der Waals surface area contributed by atoms with Crippen LogP contribution in [0.15, 0.2) is 6.33 Å². The number of aromatic nitrogens is 2. The van der Waals surface area contributed by atoms with E-state index in [2.05, 4.69) is 36.1 Å². The molecule has 3 aliphatic carbocycles. The van der Waals surface area contributed by atoms with E-state index in [0.29, 0.717) is 16.9 Å². The molecule has 2 bridgehead atoms. The van der Waals surface area contributed by atoms with Crippen molar-refractivity contribution in [3.63, 3.8) is 0 Å². The third-order valence-corrected chi connectivity index (χ3v) is 8.81. The molecule has 122 valence electrons. The zero-order valence-electron chi connectivity index (χ0n) is 14.3. The normalized spacial score (nSPS) is 34.2. The van der Waals surface area contributed by atoms with E-state index in [1.165, 1.54) is 54.3 Å². The maximum Gasteiger partial charge on any atom is 0.138 e. The molecule has 23 heavy (non-hydrogen) atoms. The lowest BCUT2D eigenvalue weighted by atomic mass is 9.69. The van der Waals surface area contributed by atoms with Crippen molar-refractivity contribution in [1.29, 1.82) is 0 Å². The Bertz CT molecular complexity index is 793. The molecule has 0 aromatic carbocycles. The molecule has 1 N–H and O–H groups in total. The fourth-order valence-electron chi connectivity index (χ4n) is 5.63. The van der Waals surface area contributed by atoms with Gasteiger partial charge in [0.15, 0.2) is 0 Å². The van der Waals surface area contributed by atoms with Crippen molar-refractivity contribution in [3.05, 3.63) is 16.8 Å². The Balaban J connectivity index is 1.56. The Labute approximate surface area is 141 Å². The molecule has 5 rings (SSSR count). The zero-order valence-corrected chi connectivity index (χ0v) is 15.1. The lowest BCUT2D eigenvalue weighted by Crippen LogP contribution is -2.40. The molecule has 2 aromatic rings. The largest absolute Gasteiger partial charge is 0.366 e. The molecule has 3 atom stereocenters. The van der Waals surface area contributed by atoms with Crippen molar-refractivity contribution in [2.75, 3.05) is 5.32 Å². The molecule has 0 unspecified atom stereocenters. The van der Waals surface area contributed by atoms with Gasteiger partial charge in [0, 0.05) is 10.9 Å². The monoisotopic (exact) mass is 327 g/mol. The number of fused-ring (bicyclic) bond motifs is 5. The fourth-order valence-corrected chi connectivity index (χ4v) is 6.85. The van der Waals surface area contributed by atoms with Crippen molar-refractivity contribution >= 4 is 27.4 Å². The summed E-state index contributed by atoms with van der Waals surface area (Å²) in [5, 5.41) is 5.21. The van der Waals surface area contributed by atoms with Crippen LogP contribution in [0.5, 0.6) is 0 Å². The topological polar surface area (TPSA) is 37.8 Å². The van der Waals surface area contributed by atoms with Crippen LogP contribution in [0.1, 0.15) is 56.9 Å². The van der Waals surface area contributed by atoms with E-state index < -0.39 is 0 Å². The SMILES string of the molecule is CC1(C)[C@H]2CC[C@@]1(C)[C@H](Nc1ncnc3sc4c(c13)CCC4)C2. The quantitative estimate of drug-likeness (QED) is 0.860. The highest BCUT2D eigenvalue weighted by molar-refractivity contribution is 7.19. The molecule has 2 fully saturated rings. The van der Waals surface area contributed by atoms with E-state index in [1.807, 2.05) is 11.3 Å². The summed E-state index contributed by atoms with van der Waals surface area (Å²) in [4.78, 5) is 11.9. The number of thiophene rings is 1. The van der Waals surface area contributed by atoms with Gasteiger partial charge in [-0.3, -0.25) is 0 Å². The highest BCUT2D eigenvalue weighted by atomic mass is 32.1. The van der Waals surface area contributed by atoms with Crippen LogP contribution in [0, 0.1) is 16.7 Å². The van der Waals surface area contributed by atoms with Gasteiger partial charge in [-0.05, 0) is 60.8 Å². The van der Waals surface area contributed by atoms with E-state index in [0.717, 1.165) is 11.7 Å². The van der Waals surface area contributed by atoms with Gasteiger partial charge >= 0.3 is 0 Å². The minimum Gasteiger partial charge on any atom is -0.366 e. The molecule has 0 aliphatic heterocycles. The van der Waals surface area contributed by atoms with Crippen LogP contribution >= 0.6 is 11.3 Å². The van der Waals surface area contributed by atoms with Crippen LogP contribution in [0.4, 0.5) is 5.82 Å². The standard InChI is InChI=1S/C19H25N3S/c1-18(2)11-7-8-19(18,3)14(9-11)22-16-15-12-5-4-6-13(12)23-17(15)21-10-20-16/h10-11,14H,4-9H2,1-3H3,(H,20,21,22)/t11-,14+,19-/m0/s1. The first kappa shape index (κ1) is 14.2. The van der Waals surface area contributed by atoms with Crippen LogP contribution in [-0.4, -0.2) is 16.0 Å². The molecule has 2 saturated carbocycles. The summed E-state index contributed by atoms with van der Waals surface area (Å²) in [7, 11) is 0. The number of anilines is 1. The summed E-state index contributed by atoms with van der Waals surface area (Å²) in [6.07, 6.45) is 9.51. The Kier molecular flexibility index (Phi) is 2.76. The molecule has 0 radical (unpaired) electrons. The molecule has 0 spiro atoms. The molecular formula is C19H25N3S. The van der Waals surface area contributed by atoms with Crippen LogP contribution in [0.25, 0.3) is 10.2 Å². The molecule has 2 aromatic heterocycles. The smallest absolute Gasteiger partial charge is 0.138 e. The molecule has 3 nitrogen and oxygen atoms in total. The van der Waals surface area contributed by atoms with Crippen LogP contribution in [0.2, 0.25) is 0 Å². The van der Waals surface area contributed by atoms with Gasteiger partial charge in [0.25, 0.3) is 0 Å². The number of hydrogen-bond acceptors (Lipinski definition) is 4. The number of nitrogens with zero attached hydrogens (tertiary/aromatic N) is 2. The van der Waals surface area contributed by atoms with Crippen molar-refractivity contribution in [2.24, 2.45) is 16.7 Å². The Morgan fingerprint density at radius 1 is 1.22 bits per heavy atom. The van der Waals surface area contributed by atoms with E-state index in [-0.39, 0.29) is 0 Å². The highest BCUT2D eigenvalue weighted by Gasteiger charge is 2.61. The van der Waals surface area contributed by atoms with Gasteiger partial charge in [-0.15, -0.1) is 11.3 Å². The first-order valence-electron chi connectivity index (χ1n) is 9.02. The minimum atomic E-state index is 0.383. The molecule has 0 amide bonds. The van der Waals surface area contributed by atoms with Crippen LogP contribution < -0.4 is 5.32 Å². The summed E-state index contributed by atoms with van der Waals surface area (Å²) < 4.78 is 0. The number of rotatable bonds is 2. The van der Waals surface area contributed by atoms with Crippen molar-refractivity contribution in [3.8, 4) is 0 Å². The maximum absolute atomic E-state index is 4.67. The number of aryl methyl sites for hydroxylation is 2. The minimum absolute atomic E-state index is 0.383. The second-order valence-corrected chi connectivity index (χ2v) is 9.65. The Morgan fingerprint density at radius 3 is 2.83 bits per heavy atom. The van der Waals surface area contributed by atoms with Gasteiger partial charge in [0.2, 0.25) is 0 Å². The van der Waals surface area contributed by atoms with Crippen molar-refractivity contribution in [1.82, 2.24) is 9.97 Å². The second kappa shape index (κ2) is 4.47. The molecular weight excluding hydrogens is 302 g/mol. The Morgan fingerprint density at radius 2 is 2.09 bits per heavy atom. The summed E-state index contributed by atoms with van der Waals surface area (Å²) in [5.41, 5.74) is 2.35. The van der Waals surface area contributed by atoms with Crippen LogP contribution in [0.3, 0.4) is 0 Å². The Hall–Kier alpha value is -1.16. The third kappa shape index (κ3) is 1.71. The third-order valence-electron chi connectivity index (χ3n) is 7.61. The van der Waals surface area contributed by atoms with Gasteiger partial charge in [0.05, 0.1) is 5.39 Å². The number of nitrogens with one attached hydrogen (secondary N) is 1. The lowest BCUT2D eigenvalue weighted by Gasteiger charge is -2.39. The average molecular weight is 327 g/mol. The van der Waals surface area contributed by atoms with E-state index in [4.69, 9.17) is 0 Å². The highest BCUT2D eigenvalue weighted by Crippen LogP contribution is 2.66. The van der Waals surface area contributed by atoms with E-state index >= 15 is 0 Å². The number of hydrogen-bond donors (Lipinski definition) is 1.